The number of nitrogens with zero attached hydrogens (tertiary/aromatic N) is 2. The minimum absolute atomic E-state index is 0.282. The Hall–Kier alpha value is -1.57. The summed E-state index contributed by atoms with van der Waals surface area (Å²) in [5, 5.41) is 8.64. The summed E-state index contributed by atoms with van der Waals surface area (Å²) >= 11 is 0. The lowest BCUT2D eigenvalue weighted by Gasteiger charge is -2.10. The van der Waals surface area contributed by atoms with Crippen LogP contribution in [0.1, 0.15) is 18.1 Å². The molecule has 0 radical (unpaired) electrons. The van der Waals surface area contributed by atoms with E-state index in [1.54, 1.807) is 6.92 Å². The summed E-state index contributed by atoms with van der Waals surface area (Å²) in [5.74, 6) is -2.29. The van der Waals surface area contributed by atoms with Crippen molar-refractivity contribution in [2.24, 2.45) is 0 Å². The first-order chi connectivity index (χ1) is 8.46. The molecule has 1 aromatic rings. The number of rotatable bonds is 4. The van der Waals surface area contributed by atoms with Gasteiger partial charge in [-0.2, -0.15) is 4.98 Å². The van der Waals surface area contributed by atoms with E-state index < -0.39 is 30.8 Å². The summed E-state index contributed by atoms with van der Waals surface area (Å²) in [4.78, 5) is 15.5. The predicted octanol–water partition coefficient (Wildman–Crippen LogP) is 0.0339. The Morgan fingerprint density at radius 2 is 2.44 bits per heavy atom. The lowest BCUT2D eigenvalue weighted by Crippen LogP contribution is -2.41. The molecule has 1 aliphatic heterocycles. The first-order valence-corrected chi connectivity index (χ1v) is 5.64. The first-order valence-electron chi connectivity index (χ1n) is 5.64. The zero-order valence-corrected chi connectivity index (χ0v) is 9.87. The van der Waals surface area contributed by atoms with E-state index in [0.717, 1.165) is 0 Å². The van der Waals surface area contributed by atoms with Crippen molar-refractivity contribution in [2.75, 3.05) is 13.1 Å². The molecule has 2 N–H and O–H groups in total. The second-order valence-corrected chi connectivity index (χ2v) is 4.27. The van der Waals surface area contributed by atoms with Crippen molar-refractivity contribution in [1.29, 1.82) is 0 Å². The third kappa shape index (κ3) is 3.22. The lowest BCUT2D eigenvalue weighted by atomic mass is 10.2. The Labute approximate surface area is 102 Å². The number of hydrogen-bond donors (Lipinski definition) is 2. The average Bonchev–Trinajstić information content (AvgIpc) is 2.85. The highest BCUT2D eigenvalue weighted by atomic mass is 19.3. The number of hydrogen-bond acceptors (Lipinski definition) is 5. The molecule has 2 rings (SSSR count). The van der Waals surface area contributed by atoms with Crippen LogP contribution >= 0.6 is 0 Å². The molecule has 0 bridgehead atoms. The highest BCUT2D eigenvalue weighted by Crippen LogP contribution is 2.24. The van der Waals surface area contributed by atoms with E-state index in [9.17, 15) is 13.6 Å². The minimum atomic E-state index is -2.80. The Morgan fingerprint density at radius 1 is 1.67 bits per heavy atom. The van der Waals surface area contributed by atoms with Crippen LogP contribution in [0.4, 0.5) is 8.78 Å². The van der Waals surface area contributed by atoms with Gasteiger partial charge in [0.15, 0.2) is 5.82 Å². The van der Waals surface area contributed by atoms with Crippen LogP contribution in [0.5, 0.6) is 0 Å². The van der Waals surface area contributed by atoms with Crippen molar-refractivity contribution in [3.8, 4) is 0 Å². The number of alkyl halides is 2. The van der Waals surface area contributed by atoms with Gasteiger partial charge in [-0.05, 0) is 6.92 Å². The van der Waals surface area contributed by atoms with Crippen LogP contribution in [-0.4, -0.2) is 41.1 Å². The fourth-order valence-electron chi connectivity index (χ4n) is 1.76. The van der Waals surface area contributed by atoms with Crippen LogP contribution in [0, 0.1) is 6.92 Å². The molecule has 1 fully saturated rings. The van der Waals surface area contributed by atoms with Crippen LogP contribution < -0.4 is 10.6 Å². The van der Waals surface area contributed by atoms with Crippen molar-refractivity contribution in [3.05, 3.63) is 11.7 Å². The first kappa shape index (κ1) is 12.9. The van der Waals surface area contributed by atoms with Gasteiger partial charge in [-0.1, -0.05) is 5.16 Å². The maximum atomic E-state index is 12.9. The number of carbonyl (C=O) groups excluding carboxylic acids is 1. The van der Waals surface area contributed by atoms with E-state index in [2.05, 4.69) is 20.8 Å². The molecule has 100 valence electrons. The van der Waals surface area contributed by atoms with Gasteiger partial charge < -0.3 is 9.84 Å². The third-order valence-corrected chi connectivity index (χ3v) is 2.63. The molecule has 6 nitrogen and oxygen atoms in total. The summed E-state index contributed by atoms with van der Waals surface area (Å²) < 4.78 is 30.6. The van der Waals surface area contributed by atoms with Crippen LogP contribution in [0.3, 0.4) is 0 Å². The zero-order valence-electron chi connectivity index (χ0n) is 9.87. The number of nitrogens with one attached hydrogen (secondary N) is 2. The van der Waals surface area contributed by atoms with Crippen molar-refractivity contribution < 1.29 is 18.1 Å². The molecule has 18 heavy (non-hydrogen) atoms. The molecule has 1 saturated heterocycles. The summed E-state index contributed by atoms with van der Waals surface area (Å²) in [5.41, 5.74) is 0. The smallest absolute Gasteiger partial charge is 0.262 e. The highest BCUT2D eigenvalue weighted by molar-refractivity contribution is 5.82. The molecule has 0 aliphatic carbocycles. The van der Waals surface area contributed by atoms with Gasteiger partial charge in [0, 0.05) is 19.4 Å². The maximum absolute atomic E-state index is 12.9. The molecule has 2 heterocycles. The molecule has 1 aliphatic rings. The number of aryl methyl sites for hydroxylation is 1. The predicted molar refractivity (Wildman–Crippen MR) is 57.1 cm³/mol. The lowest BCUT2D eigenvalue weighted by molar-refractivity contribution is -0.123. The van der Waals surface area contributed by atoms with E-state index in [1.165, 1.54) is 0 Å². The molecule has 0 spiro atoms. The summed E-state index contributed by atoms with van der Waals surface area (Å²) in [6.07, 6.45) is -0.0752. The molecule has 1 amide bonds. The topological polar surface area (TPSA) is 80.0 Å². The SMILES string of the molecule is Cc1noc(CCNC(=O)C2CC(F)(F)CN2)n1. The molecular weight excluding hydrogens is 246 g/mol. The highest BCUT2D eigenvalue weighted by Gasteiger charge is 2.42. The Bertz CT molecular complexity index is 435. The largest absolute Gasteiger partial charge is 0.354 e. The Balaban J connectivity index is 1.72. The number of aromatic nitrogens is 2. The minimum Gasteiger partial charge on any atom is -0.354 e. The van der Waals surface area contributed by atoms with Crippen molar-refractivity contribution in [1.82, 2.24) is 20.8 Å². The summed E-state index contributed by atoms with van der Waals surface area (Å²) in [7, 11) is 0. The molecule has 8 heteroatoms. The fourth-order valence-corrected chi connectivity index (χ4v) is 1.76. The van der Waals surface area contributed by atoms with E-state index in [4.69, 9.17) is 4.52 Å². The summed E-state index contributed by atoms with van der Waals surface area (Å²) in [6.45, 7) is 1.52. The van der Waals surface area contributed by atoms with Gasteiger partial charge in [0.25, 0.3) is 5.92 Å². The molecule has 1 unspecified atom stereocenters. The number of amides is 1. The number of carbonyl (C=O) groups is 1. The molecule has 0 aromatic carbocycles. The van der Waals surface area contributed by atoms with Crippen LogP contribution in [0.15, 0.2) is 4.52 Å². The Kier molecular flexibility index (Phi) is 3.55. The standard InChI is InChI=1S/C10H14F2N4O2/c1-6-15-8(18-16-6)2-3-13-9(17)7-4-10(11,12)5-14-7/h7,14H,2-5H2,1H3,(H,13,17). The van der Waals surface area contributed by atoms with Gasteiger partial charge in [0.2, 0.25) is 11.8 Å². The molecule has 1 aromatic heterocycles. The van der Waals surface area contributed by atoms with E-state index in [-0.39, 0.29) is 6.54 Å². The van der Waals surface area contributed by atoms with Gasteiger partial charge in [0.05, 0.1) is 12.6 Å². The molecule has 1 atom stereocenters. The van der Waals surface area contributed by atoms with E-state index in [0.29, 0.717) is 18.1 Å². The normalized spacial score (nSPS) is 22.1. The van der Waals surface area contributed by atoms with E-state index in [1.807, 2.05) is 0 Å². The van der Waals surface area contributed by atoms with Crippen LogP contribution in [0.2, 0.25) is 0 Å². The van der Waals surface area contributed by atoms with Crippen molar-refractivity contribution in [3.63, 3.8) is 0 Å². The quantitative estimate of drug-likeness (QED) is 0.798. The maximum Gasteiger partial charge on any atom is 0.262 e. The van der Waals surface area contributed by atoms with Gasteiger partial charge in [-0.3, -0.25) is 10.1 Å². The Morgan fingerprint density at radius 3 is 3.00 bits per heavy atom. The monoisotopic (exact) mass is 260 g/mol. The van der Waals surface area contributed by atoms with Crippen molar-refractivity contribution in [2.45, 2.75) is 31.7 Å². The zero-order chi connectivity index (χ0) is 13.2. The van der Waals surface area contributed by atoms with Gasteiger partial charge in [-0.25, -0.2) is 8.78 Å². The second-order valence-electron chi connectivity index (χ2n) is 4.27. The number of halogens is 2. The van der Waals surface area contributed by atoms with Gasteiger partial charge in [-0.15, -0.1) is 0 Å². The third-order valence-electron chi connectivity index (χ3n) is 2.63. The van der Waals surface area contributed by atoms with Crippen LogP contribution in [0.25, 0.3) is 0 Å². The van der Waals surface area contributed by atoms with Gasteiger partial charge in [0.1, 0.15) is 0 Å². The second kappa shape index (κ2) is 4.97. The van der Waals surface area contributed by atoms with Crippen LogP contribution in [-0.2, 0) is 11.2 Å². The van der Waals surface area contributed by atoms with Gasteiger partial charge >= 0.3 is 0 Å². The van der Waals surface area contributed by atoms with E-state index >= 15 is 0 Å². The van der Waals surface area contributed by atoms with Crippen molar-refractivity contribution >= 4 is 5.91 Å². The average molecular weight is 260 g/mol. The fraction of sp³-hybridized carbons (Fsp3) is 0.700. The molecular formula is C10H14F2N4O2. The molecule has 0 saturated carbocycles. The summed E-state index contributed by atoms with van der Waals surface area (Å²) in [6, 6.07) is -0.829.